The fraction of sp³-hybridized carbons (Fsp3) is 0.429. The normalized spacial score (nSPS) is 12.1. The van der Waals surface area contributed by atoms with Crippen LogP contribution < -0.4 is 22.3 Å². The standard InChI is InChI=1S/C7H13N7O2S/c1-4(15)14-10-3-17(16)2-5-11-6(8)13-7(9)12-5/h10H,2-3H2,1H3,(H,14,15)(H4,8,9,11,12,13). The molecule has 94 valence electrons. The first-order valence-corrected chi connectivity index (χ1v) is 6.06. The summed E-state index contributed by atoms with van der Waals surface area (Å²) in [5.41, 5.74) is 15.5. The van der Waals surface area contributed by atoms with Crippen molar-refractivity contribution in [3.63, 3.8) is 0 Å². The number of aromatic nitrogens is 3. The molecule has 10 heteroatoms. The van der Waals surface area contributed by atoms with Crippen LogP contribution in [0.25, 0.3) is 0 Å². The van der Waals surface area contributed by atoms with Gasteiger partial charge in [-0.25, -0.2) is 5.43 Å². The van der Waals surface area contributed by atoms with Crippen LogP contribution in [0.2, 0.25) is 0 Å². The average Bonchev–Trinajstić information content (AvgIpc) is 2.14. The van der Waals surface area contributed by atoms with E-state index in [0.29, 0.717) is 0 Å². The summed E-state index contributed by atoms with van der Waals surface area (Å²) < 4.78 is 11.5. The molecular formula is C7H13N7O2S. The number of hydrogen-bond donors (Lipinski definition) is 4. The molecule has 0 aliphatic carbocycles. The Labute approximate surface area is 99.8 Å². The summed E-state index contributed by atoms with van der Waals surface area (Å²) in [6.45, 7) is 1.34. The lowest BCUT2D eigenvalue weighted by Gasteiger charge is -2.05. The third kappa shape index (κ3) is 5.17. The molecule has 1 amide bonds. The second kappa shape index (κ2) is 6.06. The summed E-state index contributed by atoms with van der Waals surface area (Å²) in [5.74, 6) is 0.0986. The van der Waals surface area contributed by atoms with Gasteiger partial charge in [-0.3, -0.25) is 14.4 Å². The van der Waals surface area contributed by atoms with Crippen molar-refractivity contribution in [1.82, 2.24) is 25.8 Å². The second-order valence-electron chi connectivity index (χ2n) is 3.05. The van der Waals surface area contributed by atoms with Crippen LogP contribution in [-0.4, -0.2) is 30.9 Å². The predicted molar refractivity (Wildman–Crippen MR) is 62.3 cm³/mol. The molecule has 0 spiro atoms. The zero-order valence-electron chi connectivity index (χ0n) is 9.14. The van der Waals surface area contributed by atoms with Crippen molar-refractivity contribution in [2.45, 2.75) is 12.7 Å². The number of nitrogens with zero attached hydrogens (tertiary/aromatic N) is 3. The van der Waals surface area contributed by atoms with Gasteiger partial charge in [-0.05, 0) is 0 Å². The molecule has 1 atom stereocenters. The minimum atomic E-state index is -1.29. The SMILES string of the molecule is CC(=O)NNCS(=O)Cc1nc(N)nc(N)n1. The number of hydrazine groups is 1. The van der Waals surface area contributed by atoms with Gasteiger partial charge in [0, 0.05) is 17.7 Å². The first-order valence-electron chi connectivity index (χ1n) is 4.57. The molecule has 0 saturated carbocycles. The van der Waals surface area contributed by atoms with Crippen LogP contribution in [0.3, 0.4) is 0 Å². The predicted octanol–water partition coefficient (Wildman–Crippen LogP) is -2.12. The highest BCUT2D eigenvalue weighted by molar-refractivity contribution is 7.84. The molecule has 1 aromatic heterocycles. The van der Waals surface area contributed by atoms with Gasteiger partial charge in [-0.1, -0.05) is 0 Å². The minimum Gasteiger partial charge on any atom is -0.368 e. The van der Waals surface area contributed by atoms with Gasteiger partial charge >= 0.3 is 0 Å². The van der Waals surface area contributed by atoms with Gasteiger partial charge in [0.05, 0.1) is 11.6 Å². The first-order chi connectivity index (χ1) is 7.97. The Kier molecular flexibility index (Phi) is 4.72. The van der Waals surface area contributed by atoms with Gasteiger partial charge in [0.1, 0.15) is 5.82 Å². The smallest absolute Gasteiger partial charge is 0.230 e. The number of carbonyl (C=O) groups excluding carboxylic acids is 1. The quantitative estimate of drug-likeness (QED) is 0.438. The maximum absolute atomic E-state index is 11.5. The molecule has 1 rings (SSSR count). The molecule has 9 nitrogen and oxygen atoms in total. The van der Waals surface area contributed by atoms with Crippen molar-refractivity contribution in [3.8, 4) is 0 Å². The summed E-state index contributed by atoms with van der Waals surface area (Å²) in [6, 6.07) is 0. The average molecular weight is 259 g/mol. The fourth-order valence-corrected chi connectivity index (χ4v) is 1.71. The molecule has 17 heavy (non-hydrogen) atoms. The molecule has 6 N–H and O–H groups in total. The van der Waals surface area contributed by atoms with Crippen LogP contribution in [0, 0.1) is 0 Å². The molecule has 0 aromatic carbocycles. The van der Waals surface area contributed by atoms with Crippen LogP contribution in [0.5, 0.6) is 0 Å². The molecule has 0 aliphatic heterocycles. The molecule has 0 bridgehead atoms. The number of hydrogen-bond acceptors (Lipinski definition) is 8. The number of nitrogens with one attached hydrogen (secondary N) is 2. The van der Waals surface area contributed by atoms with Crippen molar-refractivity contribution in [2.24, 2.45) is 0 Å². The Bertz CT molecular complexity index is 418. The van der Waals surface area contributed by atoms with Crippen LogP contribution in [0.15, 0.2) is 0 Å². The maximum Gasteiger partial charge on any atom is 0.230 e. The van der Waals surface area contributed by atoms with Crippen LogP contribution >= 0.6 is 0 Å². The highest BCUT2D eigenvalue weighted by atomic mass is 32.2. The van der Waals surface area contributed by atoms with Crippen LogP contribution in [0.1, 0.15) is 12.7 Å². The van der Waals surface area contributed by atoms with Gasteiger partial charge in [-0.2, -0.15) is 15.0 Å². The van der Waals surface area contributed by atoms with E-state index in [-0.39, 0.29) is 35.3 Å². The number of rotatable bonds is 5. The number of amides is 1. The minimum absolute atomic E-state index is 0.0145. The van der Waals surface area contributed by atoms with Crippen molar-refractivity contribution in [1.29, 1.82) is 0 Å². The zero-order chi connectivity index (χ0) is 12.8. The van der Waals surface area contributed by atoms with E-state index in [1.807, 2.05) is 0 Å². The van der Waals surface area contributed by atoms with Gasteiger partial charge in [0.25, 0.3) is 0 Å². The molecule has 0 saturated heterocycles. The van der Waals surface area contributed by atoms with Crippen molar-refractivity contribution < 1.29 is 9.00 Å². The van der Waals surface area contributed by atoms with Gasteiger partial charge in [0.2, 0.25) is 17.8 Å². The van der Waals surface area contributed by atoms with E-state index in [1.54, 1.807) is 0 Å². The van der Waals surface area contributed by atoms with E-state index < -0.39 is 10.8 Å². The molecule has 1 aromatic rings. The summed E-state index contributed by atoms with van der Waals surface area (Å²) in [4.78, 5) is 21.7. The highest BCUT2D eigenvalue weighted by Crippen LogP contribution is 2.01. The third-order valence-electron chi connectivity index (χ3n) is 1.50. The van der Waals surface area contributed by atoms with E-state index in [1.165, 1.54) is 6.92 Å². The first kappa shape index (κ1) is 13.3. The monoisotopic (exact) mass is 259 g/mol. The van der Waals surface area contributed by atoms with Crippen LogP contribution in [0.4, 0.5) is 11.9 Å². The lowest BCUT2D eigenvalue weighted by atomic mass is 10.7. The molecule has 1 heterocycles. The van der Waals surface area contributed by atoms with Crippen molar-refractivity contribution >= 4 is 28.6 Å². The molecular weight excluding hydrogens is 246 g/mol. The Morgan fingerprint density at radius 1 is 1.29 bits per heavy atom. The molecule has 0 aliphatic rings. The molecule has 0 fully saturated rings. The number of nitrogens with two attached hydrogens (primary N) is 2. The third-order valence-corrected chi connectivity index (χ3v) is 2.55. The Balaban J connectivity index is 2.47. The van der Waals surface area contributed by atoms with E-state index in [4.69, 9.17) is 11.5 Å². The number of carbonyl (C=O) groups is 1. The van der Waals surface area contributed by atoms with Crippen molar-refractivity contribution in [3.05, 3.63) is 5.82 Å². The lowest BCUT2D eigenvalue weighted by Crippen LogP contribution is -2.37. The van der Waals surface area contributed by atoms with E-state index >= 15 is 0 Å². The maximum atomic E-state index is 11.5. The second-order valence-corrected chi connectivity index (χ2v) is 4.51. The summed E-state index contributed by atoms with van der Waals surface area (Å²) in [6.07, 6.45) is 0. The Morgan fingerprint density at radius 2 is 1.88 bits per heavy atom. The largest absolute Gasteiger partial charge is 0.368 e. The molecule has 0 radical (unpaired) electrons. The zero-order valence-corrected chi connectivity index (χ0v) is 9.95. The lowest BCUT2D eigenvalue weighted by molar-refractivity contribution is -0.119. The Hall–Kier alpha value is -1.81. The molecule has 1 unspecified atom stereocenters. The summed E-state index contributed by atoms with van der Waals surface area (Å²) in [7, 11) is -1.29. The van der Waals surface area contributed by atoms with Gasteiger partial charge < -0.3 is 11.5 Å². The van der Waals surface area contributed by atoms with Crippen molar-refractivity contribution in [2.75, 3.05) is 17.3 Å². The van der Waals surface area contributed by atoms with E-state index in [0.717, 1.165) is 0 Å². The summed E-state index contributed by atoms with van der Waals surface area (Å²) >= 11 is 0. The highest BCUT2D eigenvalue weighted by Gasteiger charge is 2.07. The van der Waals surface area contributed by atoms with Gasteiger partial charge in [0.15, 0.2) is 0 Å². The number of nitrogen functional groups attached to an aromatic ring is 2. The van der Waals surface area contributed by atoms with E-state index in [2.05, 4.69) is 25.8 Å². The van der Waals surface area contributed by atoms with E-state index in [9.17, 15) is 9.00 Å². The fourth-order valence-electron chi connectivity index (χ4n) is 0.957. The Morgan fingerprint density at radius 3 is 2.41 bits per heavy atom. The number of anilines is 2. The van der Waals surface area contributed by atoms with Crippen LogP contribution in [-0.2, 0) is 21.3 Å². The summed E-state index contributed by atoms with van der Waals surface area (Å²) in [5, 5.41) is 0. The van der Waals surface area contributed by atoms with Gasteiger partial charge in [-0.15, -0.1) is 0 Å². The topological polar surface area (TPSA) is 149 Å².